The molecule has 0 amide bonds. The fraction of sp³-hybridized carbons (Fsp3) is 0.929. The molecule has 0 unspecified atom stereocenters. The maximum absolute atomic E-state index is 11.5. The van der Waals surface area contributed by atoms with Crippen LogP contribution in [0, 0.1) is 5.92 Å². The molecule has 0 aromatic heterocycles. The third-order valence-electron chi connectivity index (χ3n) is 4.81. The van der Waals surface area contributed by atoms with Gasteiger partial charge in [-0.3, -0.25) is 4.90 Å². The zero-order valence-electron chi connectivity index (χ0n) is 11.5. The molecular formula is C14H25NO3. The van der Waals surface area contributed by atoms with Gasteiger partial charge in [0.05, 0.1) is 0 Å². The van der Waals surface area contributed by atoms with Gasteiger partial charge in [-0.05, 0) is 12.8 Å². The minimum absolute atomic E-state index is 0.0586. The van der Waals surface area contributed by atoms with E-state index in [9.17, 15) is 9.90 Å². The highest BCUT2D eigenvalue weighted by molar-refractivity contribution is 5.78. The second kappa shape index (κ2) is 5.57. The van der Waals surface area contributed by atoms with Crippen LogP contribution >= 0.6 is 0 Å². The summed E-state index contributed by atoms with van der Waals surface area (Å²) in [7, 11) is 1.53. The van der Waals surface area contributed by atoms with Gasteiger partial charge < -0.3 is 9.84 Å². The van der Waals surface area contributed by atoms with Crippen molar-refractivity contribution in [2.24, 2.45) is 5.92 Å². The fourth-order valence-corrected chi connectivity index (χ4v) is 3.55. The minimum atomic E-state index is -0.994. The maximum Gasteiger partial charge on any atom is 0.337 e. The van der Waals surface area contributed by atoms with E-state index in [1.807, 2.05) is 6.92 Å². The van der Waals surface area contributed by atoms with E-state index in [0.29, 0.717) is 12.6 Å². The van der Waals surface area contributed by atoms with Crippen molar-refractivity contribution in [2.45, 2.75) is 57.1 Å². The van der Waals surface area contributed by atoms with Crippen LogP contribution in [0.15, 0.2) is 0 Å². The van der Waals surface area contributed by atoms with Crippen LogP contribution in [0.1, 0.15) is 45.4 Å². The quantitative estimate of drug-likeness (QED) is 0.785. The van der Waals surface area contributed by atoms with Gasteiger partial charge in [-0.15, -0.1) is 0 Å². The topological polar surface area (TPSA) is 49.8 Å². The summed E-state index contributed by atoms with van der Waals surface area (Å²) in [6.45, 7) is 3.39. The zero-order chi connectivity index (χ0) is 13.2. The minimum Gasteiger partial charge on any atom is -0.479 e. The first-order valence-corrected chi connectivity index (χ1v) is 7.13. The van der Waals surface area contributed by atoms with Crippen molar-refractivity contribution in [3.63, 3.8) is 0 Å². The van der Waals surface area contributed by atoms with E-state index in [1.165, 1.54) is 45.6 Å². The van der Waals surface area contributed by atoms with E-state index in [0.717, 1.165) is 6.54 Å². The van der Waals surface area contributed by atoms with Gasteiger partial charge in [0.15, 0.2) is 5.60 Å². The van der Waals surface area contributed by atoms with Gasteiger partial charge in [0.2, 0.25) is 0 Å². The predicted octanol–water partition coefficient (Wildman–Crippen LogP) is 2.13. The Morgan fingerprint density at radius 2 is 1.89 bits per heavy atom. The Labute approximate surface area is 109 Å². The Kier molecular flexibility index (Phi) is 4.28. The van der Waals surface area contributed by atoms with E-state index >= 15 is 0 Å². The van der Waals surface area contributed by atoms with Crippen LogP contribution in [-0.2, 0) is 9.53 Å². The van der Waals surface area contributed by atoms with Crippen molar-refractivity contribution in [1.29, 1.82) is 0 Å². The van der Waals surface area contributed by atoms with Gasteiger partial charge in [0.1, 0.15) is 0 Å². The molecule has 4 heteroatoms. The smallest absolute Gasteiger partial charge is 0.337 e. The van der Waals surface area contributed by atoms with Crippen molar-refractivity contribution in [2.75, 3.05) is 20.2 Å². The maximum atomic E-state index is 11.5. The summed E-state index contributed by atoms with van der Waals surface area (Å²) in [5, 5.41) is 9.45. The molecule has 0 radical (unpaired) electrons. The Hall–Kier alpha value is -0.610. The lowest BCUT2D eigenvalue weighted by Crippen LogP contribution is -2.48. The molecular weight excluding hydrogens is 230 g/mol. The molecule has 1 aliphatic heterocycles. The number of aliphatic carboxylic acids is 1. The molecule has 2 aliphatic rings. The molecule has 1 saturated carbocycles. The van der Waals surface area contributed by atoms with Crippen LogP contribution in [0.3, 0.4) is 0 Å². The molecule has 1 saturated heterocycles. The van der Waals surface area contributed by atoms with Crippen molar-refractivity contribution in [1.82, 2.24) is 4.90 Å². The number of carboxylic acid groups (broad SMARTS) is 1. The van der Waals surface area contributed by atoms with Crippen LogP contribution in [0.4, 0.5) is 0 Å². The van der Waals surface area contributed by atoms with Crippen LogP contribution in [0.25, 0.3) is 0 Å². The normalized spacial score (nSPS) is 35.6. The van der Waals surface area contributed by atoms with Crippen molar-refractivity contribution in [3.8, 4) is 0 Å². The third kappa shape index (κ3) is 2.41. The molecule has 0 spiro atoms. The average Bonchev–Trinajstić information content (AvgIpc) is 2.55. The monoisotopic (exact) mass is 255 g/mol. The summed E-state index contributed by atoms with van der Waals surface area (Å²) >= 11 is 0. The number of nitrogens with zero attached hydrogens (tertiary/aromatic N) is 1. The molecule has 104 valence electrons. The molecule has 1 N–H and O–H groups in total. The first-order chi connectivity index (χ1) is 8.60. The van der Waals surface area contributed by atoms with Gasteiger partial charge in [-0.2, -0.15) is 0 Å². The van der Waals surface area contributed by atoms with Gasteiger partial charge in [0.25, 0.3) is 0 Å². The lowest BCUT2D eigenvalue weighted by Gasteiger charge is -2.29. The van der Waals surface area contributed by atoms with Crippen LogP contribution in [0.2, 0.25) is 0 Å². The number of ether oxygens (including phenoxy) is 1. The highest BCUT2D eigenvalue weighted by Crippen LogP contribution is 2.35. The van der Waals surface area contributed by atoms with Gasteiger partial charge in [-0.25, -0.2) is 4.79 Å². The van der Waals surface area contributed by atoms with E-state index in [1.54, 1.807) is 0 Å². The summed E-state index contributed by atoms with van der Waals surface area (Å²) in [6, 6.07) is 0.561. The molecule has 1 heterocycles. The van der Waals surface area contributed by atoms with Crippen LogP contribution < -0.4 is 0 Å². The Balaban J connectivity index is 2.06. The lowest BCUT2D eigenvalue weighted by molar-refractivity contribution is -0.164. The van der Waals surface area contributed by atoms with Gasteiger partial charge in [-0.1, -0.05) is 32.6 Å². The first-order valence-electron chi connectivity index (χ1n) is 7.13. The Morgan fingerprint density at radius 1 is 1.28 bits per heavy atom. The number of methoxy groups -OCH3 is 1. The number of rotatable bonds is 3. The number of carbonyl (C=O) groups is 1. The molecule has 2 rings (SSSR count). The van der Waals surface area contributed by atoms with Crippen LogP contribution in [0.5, 0.6) is 0 Å². The number of hydrogen-bond acceptors (Lipinski definition) is 3. The standard InChI is InChI=1S/C14H25NO3/c1-11-9-15(10-14(11,18-2)13(16)17)12-7-5-3-4-6-8-12/h11-12H,3-10H2,1-2H3,(H,16,17)/t11-,14+/m1/s1. The van der Waals surface area contributed by atoms with Gasteiger partial charge >= 0.3 is 5.97 Å². The van der Waals surface area contributed by atoms with E-state index in [4.69, 9.17) is 4.74 Å². The van der Waals surface area contributed by atoms with Crippen molar-refractivity contribution in [3.05, 3.63) is 0 Å². The lowest BCUT2D eigenvalue weighted by atomic mass is 9.92. The SMILES string of the molecule is CO[C@@]1(C(=O)O)CN(C2CCCCCC2)C[C@H]1C. The van der Waals surface area contributed by atoms with E-state index in [-0.39, 0.29) is 5.92 Å². The third-order valence-corrected chi connectivity index (χ3v) is 4.81. The number of likely N-dealkylation sites (tertiary alicyclic amines) is 1. The zero-order valence-corrected chi connectivity index (χ0v) is 11.5. The Morgan fingerprint density at radius 3 is 2.33 bits per heavy atom. The second-order valence-corrected chi connectivity index (χ2v) is 5.87. The highest BCUT2D eigenvalue weighted by Gasteiger charge is 2.52. The fourth-order valence-electron chi connectivity index (χ4n) is 3.55. The summed E-state index contributed by atoms with van der Waals surface area (Å²) in [6.07, 6.45) is 7.64. The first kappa shape index (κ1) is 13.8. The van der Waals surface area contributed by atoms with Crippen molar-refractivity contribution < 1.29 is 14.6 Å². The molecule has 0 aromatic carbocycles. The summed E-state index contributed by atoms with van der Waals surface area (Å²) in [5.41, 5.74) is -0.994. The second-order valence-electron chi connectivity index (χ2n) is 5.87. The largest absolute Gasteiger partial charge is 0.479 e. The summed E-state index contributed by atoms with van der Waals surface area (Å²) in [4.78, 5) is 13.9. The molecule has 0 aromatic rings. The number of carboxylic acids is 1. The molecule has 1 aliphatic carbocycles. The van der Waals surface area contributed by atoms with Crippen molar-refractivity contribution >= 4 is 5.97 Å². The highest BCUT2D eigenvalue weighted by atomic mass is 16.5. The molecule has 0 bridgehead atoms. The van der Waals surface area contributed by atoms with E-state index < -0.39 is 11.6 Å². The number of hydrogen-bond donors (Lipinski definition) is 1. The van der Waals surface area contributed by atoms with Gasteiger partial charge in [0, 0.05) is 32.2 Å². The van der Waals surface area contributed by atoms with E-state index in [2.05, 4.69) is 4.90 Å². The summed E-state index contributed by atoms with van der Waals surface area (Å²) in [5.74, 6) is -0.753. The molecule has 2 fully saturated rings. The summed E-state index contributed by atoms with van der Waals surface area (Å²) < 4.78 is 5.38. The Bertz CT molecular complexity index is 299. The molecule has 18 heavy (non-hydrogen) atoms. The predicted molar refractivity (Wildman–Crippen MR) is 69.6 cm³/mol. The van der Waals surface area contributed by atoms with Crippen LogP contribution in [-0.4, -0.2) is 47.8 Å². The molecule has 4 nitrogen and oxygen atoms in total. The average molecular weight is 255 g/mol. The molecule has 2 atom stereocenters.